The van der Waals surface area contributed by atoms with E-state index in [1.807, 2.05) is 0 Å². The second-order valence-corrected chi connectivity index (χ2v) is 7.58. The molecule has 4 rings (SSSR count). The fourth-order valence-corrected chi connectivity index (χ4v) is 3.04. The predicted octanol–water partition coefficient (Wildman–Crippen LogP) is 7.14. The van der Waals surface area contributed by atoms with Gasteiger partial charge in [-0.1, -0.05) is 52.9 Å². The summed E-state index contributed by atoms with van der Waals surface area (Å²) in [4.78, 5) is 0. The van der Waals surface area contributed by atoms with Gasteiger partial charge < -0.3 is 0 Å². The Hall–Kier alpha value is -1.41. The fraction of sp³-hybridized carbons (Fsp3) is 0.250. The molecule has 2 heteroatoms. The summed E-state index contributed by atoms with van der Waals surface area (Å²) in [5.41, 5.74) is 5.62. The van der Waals surface area contributed by atoms with Gasteiger partial charge in [-0.05, 0) is 0 Å². The van der Waals surface area contributed by atoms with Crippen LogP contribution in [-0.4, -0.2) is 9.52 Å². The van der Waals surface area contributed by atoms with Crippen molar-refractivity contribution in [3.8, 4) is 0 Å². The van der Waals surface area contributed by atoms with Crippen LogP contribution in [-0.2, 0) is 21.7 Å². The number of hydrogen-bond acceptors (Lipinski definition) is 0. The first-order valence-electron chi connectivity index (χ1n) is 8.81. The molecule has 0 aliphatic heterocycles. The smallest absolute Gasteiger partial charge is 0.154 e. The minimum absolute atomic E-state index is 0. The van der Waals surface area contributed by atoms with Crippen LogP contribution in [0, 0.1) is 27.7 Å². The van der Waals surface area contributed by atoms with Gasteiger partial charge in [0.05, 0.1) is 0 Å². The van der Waals surface area contributed by atoms with Crippen LogP contribution in [0.3, 0.4) is 0 Å². The summed E-state index contributed by atoms with van der Waals surface area (Å²) in [6.45, 7) is 13.0. The summed E-state index contributed by atoms with van der Waals surface area (Å²) in [6.07, 6.45) is 0. The summed E-state index contributed by atoms with van der Waals surface area (Å²) in [6, 6.07) is 21.5. The van der Waals surface area contributed by atoms with E-state index in [4.69, 9.17) is 0 Å². The average Bonchev–Trinajstić information content (AvgIpc) is 3.06. The van der Waals surface area contributed by atoms with E-state index in [0.29, 0.717) is 0 Å². The maximum Gasteiger partial charge on any atom is 2.00 e. The van der Waals surface area contributed by atoms with Crippen molar-refractivity contribution in [1.82, 2.24) is 0 Å². The van der Waals surface area contributed by atoms with E-state index in [-0.39, 0.29) is 21.7 Å². The van der Waals surface area contributed by atoms with Crippen LogP contribution in [0.5, 0.6) is 0 Å². The van der Waals surface area contributed by atoms with E-state index in [0.717, 1.165) is 9.52 Å². The van der Waals surface area contributed by atoms with Crippen LogP contribution in [0.1, 0.15) is 22.3 Å². The molecule has 0 fully saturated rings. The third-order valence-electron chi connectivity index (χ3n) is 4.66. The first-order valence-corrected chi connectivity index (χ1v) is 10.8. The average molecular weight is 392 g/mol. The topological polar surface area (TPSA) is 0 Å². The van der Waals surface area contributed by atoms with E-state index >= 15 is 0 Å². The van der Waals surface area contributed by atoms with Crippen LogP contribution < -0.4 is 0 Å². The zero-order valence-electron chi connectivity index (χ0n) is 16.8. The maximum atomic E-state index is 2.24. The standard InChI is InChI=1S/2C11H11.C2H6Si.Ti/c2*1-8-7-10-5-3-4-6-11(10)9(8)2;1-3-2;/h2*3-7H,1-2H3;1-2H3;/q2*-1;;+2. The molecule has 0 bridgehead atoms. The van der Waals surface area contributed by atoms with E-state index < -0.39 is 0 Å². The molecule has 0 amide bonds. The summed E-state index contributed by atoms with van der Waals surface area (Å²) in [5, 5.41) is 5.51. The number of rotatable bonds is 0. The van der Waals surface area contributed by atoms with Gasteiger partial charge in [0.25, 0.3) is 0 Å². The minimum Gasteiger partial charge on any atom is -0.154 e. The summed E-state index contributed by atoms with van der Waals surface area (Å²) < 4.78 is 0. The van der Waals surface area contributed by atoms with Crippen molar-refractivity contribution in [2.45, 2.75) is 40.8 Å². The fourth-order valence-electron chi connectivity index (χ4n) is 3.04. The minimum atomic E-state index is 0. The molecule has 0 saturated carbocycles. The second-order valence-electron chi connectivity index (χ2n) is 6.58. The Morgan fingerprint density at radius 2 is 0.923 bits per heavy atom. The molecule has 4 aromatic carbocycles. The van der Waals surface area contributed by atoms with Crippen LogP contribution in [0.2, 0.25) is 13.1 Å². The normalized spacial score (nSPS) is 9.77. The van der Waals surface area contributed by atoms with Crippen LogP contribution in [0.25, 0.3) is 21.5 Å². The van der Waals surface area contributed by atoms with Gasteiger partial charge in [-0.25, -0.2) is 0 Å². The number of aryl methyl sites for hydroxylation is 4. The van der Waals surface area contributed by atoms with Gasteiger partial charge in [0.2, 0.25) is 0 Å². The van der Waals surface area contributed by atoms with Gasteiger partial charge >= 0.3 is 21.7 Å². The molecule has 132 valence electrons. The Balaban J connectivity index is 0.000000219. The van der Waals surface area contributed by atoms with Gasteiger partial charge in [-0.2, -0.15) is 11.1 Å². The van der Waals surface area contributed by atoms with E-state index in [9.17, 15) is 0 Å². The monoisotopic (exact) mass is 392 g/mol. The van der Waals surface area contributed by atoms with E-state index in [2.05, 4.69) is 101 Å². The third kappa shape index (κ3) is 5.30. The molecule has 0 aromatic heterocycles. The van der Waals surface area contributed by atoms with Crippen molar-refractivity contribution in [2.24, 2.45) is 0 Å². The molecule has 2 radical (unpaired) electrons. The van der Waals surface area contributed by atoms with Gasteiger partial charge in [-0.3, -0.25) is 0 Å². The Morgan fingerprint density at radius 3 is 1.23 bits per heavy atom. The van der Waals surface area contributed by atoms with Crippen molar-refractivity contribution >= 4 is 31.1 Å². The molecule has 0 unspecified atom stereocenters. The van der Waals surface area contributed by atoms with Crippen molar-refractivity contribution in [3.05, 3.63) is 82.9 Å². The van der Waals surface area contributed by atoms with Gasteiger partial charge in [-0.15, -0.1) is 81.2 Å². The Labute approximate surface area is 176 Å². The summed E-state index contributed by atoms with van der Waals surface area (Å²) in [7, 11) is 1.08. The predicted molar refractivity (Wildman–Crippen MR) is 116 cm³/mol. The zero-order valence-corrected chi connectivity index (χ0v) is 19.3. The molecule has 0 aliphatic carbocycles. The van der Waals surface area contributed by atoms with Crippen LogP contribution in [0.4, 0.5) is 0 Å². The molecule has 0 nitrogen and oxygen atoms in total. The van der Waals surface area contributed by atoms with Crippen molar-refractivity contribution in [2.75, 3.05) is 0 Å². The van der Waals surface area contributed by atoms with Crippen molar-refractivity contribution < 1.29 is 21.7 Å². The molecule has 0 atom stereocenters. The number of hydrogen-bond donors (Lipinski definition) is 0. The van der Waals surface area contributed by atoms with E-state index in [1.54, 1.807) is 0 Å². The molecule has 26 heavy (non-hydrogen) atoms. The first kappa shape index (κ1) is 22.6. The number of benzene rings is 2. The maximum absolute atomic E-state index is 2.24. The molecule has 0 N–H and O–H groups in total. The van der Waals surface area contributed by atoms with E-state index in [1.165, 1.54) is 43.8 Å². The third-order valence-corrected chi connectivity index (χ3v) is 4.66. The summed E-state index contributed by atoms with van der Waals surface area (Å²) in [5.74, 6) is 0. The number of fused-ring (bicyclic) bond motifs is 2. The largest absolute Gasteiger partial charge is 2.00 e. The molecule has 4 aromatic rings. The second kappa shape index (κ2) is 10.7. The molecular formula is C24H28SiTi. The molecule has 0 aliphatic rings. The molecule has 0 spiro atoms. The quantitative estimate of drug-likeness (QED) is 0.220. The SMILES string of the molecule is C[Si]C.Cc1[cH-]c2ccccc2c1C.Cc1[cH-]c2ccccc2c1C.[Ti+2]. The Kier molecular flexibility index (Phi) is 9.29. The van der Waals surface area contributed by atoms with Crippen LogP contribution >= 0.6 is 0 Å². The molecule has 0 heterocycles. The zero-order chi connectivity index (χ0) is 18.4. The van der Waals surface area contributed by atoms with Crippen molar-refractivity contribution in [3.63, 3.8) is 0 Å². The first-order chi connectivity index (χ1) is 12.0. The summed E-state index contributed by atoms with van der Waals surface area (Å²) >= 11 is 0. The van der Waals surface area contributed by atoms with Crippen molar-refractivity contribution in [1.29, 1.82) is 0 Å². The Bertz CT molecular complexity index is 865. The van der Waals surface area contributed by atoms with Crippen LogP contribution in [0.15, 0.2) is 60.7 Å². The van der Waals surface area contributed by atoms with Gasteiger partial charge in [0.1, 0.15) is 0 Å². The molecule has 0 saturated heterocycles. The molecular weight excluding hydrogens is 364 g/mol. The van der Waals surface area contributed by atoms with Gasteiger partial charge in [0.15, 0.2) is 0 Å². The Morgan fingerprint density at radius 1 is 0.615 bits per heavy atom. The van der Waals surface area contributed by atoms with Gasteiger partial charge in [0, 0.05) is 9.52 Å².